The molecule has 1 aromatic carbocycles. The van der Waals surface area contributed by atoms with E-state index in [0.29, 0.717) is 16.3 Å². The van der Waals surface area contributed by atoms with Gasteiger partial charge in [-0.05, 0) is 24.6 Å². The molecule has 0 saturated carbocycles. The molecule has 0 atom stereocenters. The average Bonchev–Trinajstić information content (AvgIpc) is 2.89. The number of hydrogen-bond donors (Lipinski definition) is 2. The highest BCUT2D eigenvalue weighted by atomic mass is 32.2. The van der Waals surface area contributed by atoms with E-state index in [1.54, 1.807) is 24.4 Å². The molecular weight excluding hydrogens is 296 g/mol. The topological polar surface area (TPSA) is 79.3 Å². The molecule has 5 nitrogen and oxygen atoms in total. The molecule has 0 fully saturated rings. The van der Waals surface area contributed by atoms with Gasteiger partial charge in [-0.2, -0.15) is 0 Å². The summed E-state index contributed by atoms with van der Waals surface area (Å²) in [7, 11) is -3.69. The highest BCUT2D eigenvalue weighted by Gasteiger charge is 2.18. The zero-order valence-electron chi connectivity index (χ0n) is 10.6. The van der Waals surface area contributed by atoms with Crippen LogP contribution in [0.3, 0.4) is 0 Å². The molecule has 1 aromatic heterocycles. The molecule has 0 unspecified atom stereocenters. The Morgan fingerprint density at radius 3 is 2.90 bits per heavy atom. The lowest BCUT2D eigenvalue weighted by molar-refractivity contribution is 0.350. The number of hydrogen-bond acceptors (Lipinski definition) is 5. The molecule has 2 aromatic rings. The van der Waals surface area contributed by atoms with Crippen molar-refractivity contribution < 1.29 is 13.5 Å². The number of aliphatic hydroxyl groups excluding tert-OH is 1. The van der Waals surface area contributed by atoms with Crippen molar-refractivity contribution in [1.29, 1.82) is 0 Å². The molecule has 7 heteroatoms. The maximum Gasteiger partial charge on any atom is 0.263 e. The van der Waals surface area contributed by atoms with E-state index >= 15 is 0 Å². The summed E-state index contributed by atoms with van der Waals surface area (Å²) in [5, 5.41) is 10.7. The summed E-state index contributed by atoms with van der Waals surface area (Å²) in [6.45, 7) is 1.44. The smallest absolute Gasteiger partial charge is 0.263 e. The molecule has 2 N–H and O–H groups in total. The highest BCUT2D eigenvalue weighted by Crippen LogP contribution is 2.21. The summed E-state index contributed by atoms with van der Waals surface area (Å²) in [5.74, 6) is 5.18. The number of rotatable bonds is 3. The van der Waals surface area contributed by atoms with E-state index in [-0.39, 0.29) is 11.5 Å². The van der Waals surface area contributed by atoms with Gasteiger partial charge in [0.1, 0.15) is 6.61 Å². The summed E-state index contributed by atoms with van der Waals surface area (Å²) >= 11 is 1.21. The van der Waals surface area contributed by atoms with E-state index in [0.717, 1.165) is 0 Å². The molecule has 0 aliphatic rings. The van der Waals surface area contributed by atoms with Gasteiger partial charge >= 0.3 is 0 Å². The first-order valence-corrected chi connectivity index (χ1v) is 8.02. The minimum Gasteiger partial charge on any atom is -0.384 e. The molecule has 0 amide bonds. The third kappa shape index (κ3) is 3.36. The predicted octanol–water partition coefficient (Wildman–Crippen LogP) is 1.60. The number of sulfonamides is 1. The summed E-state index contributed by atoms with van der Waals surface area (Å²) in [4.78, 5) is 4.05. The fraction of sp³-hybridized carbons (Fsp3) is 0.154. The molecule has 0 saturated heterocycles. The van der Waals surface area contributed by atoms with Crippen molar-refractivity contribution in [2.75, 3.05) is 11.3 Å². The standard InChI is InChI=1S/C13H12N2O3S2/c1-10-4-5-11(3-2-7-16)9-12(10)20(17,18)15-13-14-6-8-19-13/h4-6,8-9,16H,7H2,1H3,(H,14,15). The molecule has 2 rings (SSSR count). The minimum absolute atomic E-state index is 0.150. The van der Waals surface area contributed by atoms with Crippen LogP contribution in [0.25, 0.3) is 0 Å². The number of aromatic nitrogens is 1. The molecule has 104 valence electrons. The summed E-state index contributed by atoms with van der Waals surface area (Å²) in [5.41, 5.74) is 1.15. The maximum absolute atomic E-state index is 12.3. The van der Waals surface area contributed by atoms with Crippen molar-refractivity contribution in [2.45, 2.75) is 11.8 Å². The van der Waals surface area contributed by atoms with Crippen LogP contribution < -0.4 is 4.72 Å². The van der Waals surface area contributed by atoms with Gasteiger partial charge in [-0.3, -0.25) is 4.72 Å². The van der Waals surface area contributed by atoms with Gasteiger partial charge < -0.3 is 5.11 Å². The molecular formula is C13H12N2O3S2. The van der Waals surface area contributed by atoms with Gasteiger partial charge in [0.15, 0.2) is 5.13 Å². The van der Waals surface area contributed by atoms with E-state index in [2.05, 4.69) is 21.5 Å². The van der Waals surface area contributed by atoms with Gasteiger partial charge in [0, 0.05) is 17.1 Å². The second-order valence-corrected chi connectivity index (χ2v) is 6.43. The number of nitrogens with one attached hydrogen (secondary N) is 1. The van der Waals surface area contributed by atoms with Gasteiger partial charge in [-0.1, -0.05) is 17.9 Å². The van der Waals surface area contributed by atoms with Crippen LogP contribution in [0, 0.1) is 18.8 Å². The Balaban J connectivity index is 2.40. The third-order valence-corrected chi connectivity index (χ3v) is 4.74. The van der Waals surface area contributed by atoms with Gasteiger partial charge in [-0.25, -0.2) is 13.4 Å². The first kappa shape index (κ1) is 14.5. The Hall–Kier alpha value is -1.88. The molecule has 0 spiro atoms. The van der Waals surface area contributed by atoms with Crippen molar-refractivity contribution >= 4 is 26.5 Å². The average molecular weight is 308 g/mol. The second-order valence-electron chi connectivity index (χ2n) is 3.88. The van der Waals surface area contributed by atoms with Gasteiger partial charge in [0.2, 0.25) is 0 Å². The number of thiazole rings is 1. The van der Waals surface area contributed by atoms with Crippen LogP contribution >= 0.6 is 11.3 Å². The van der Waals surface area contributed by atoms with E-state index in [1.165, 1.54) is 23.6 Å². The minimum atomic E-state index is -3.69. The molecule has 0 radical (unpaired) electrons. The Labute approximate surface area is 121 Å². The van der Waals surface area contributed by atoms with Crippen molar-refractivity contribution in [2.24, 2.45) is 0 Å². The van der Waals surface area contributed by atoms with Crippen LogP contribution in [0.5, 0.6) is 0 Å². The van der Waals surface area contributed by atoms with Crippen LogP contribution in [0.1, 0.15) is 11.1 Å². The molecule has 0 bridgehead atoms. The quantitative estimate of drug-likeness (QED) is 0.844. The summed E-state index contributed by atoms with van der Waals surface area (Å²) in [6, 6.07) is 4.87. The highest BCUT2D eigenvalue weighted by molar-refractivity contribution is 7.93. The Morgan fingerprint density at radius 1 is 1.45 bits per heavy atom. The van der Waals surface area contributed by atoms with E-state index in [9.17, 15) is 8.42 Å². The lowest BCUT2D eigenvalue weighted by atomic mass is 10.1. The van der Waals surface area contributed by atoms with Gasteiger partial charge in [-0.15, -0.1) is 11.3 Å². The first-order valence-electron chi connectivity index (χ1n) is 5.65. The molecule has 0 aliphatic carbocycles. The third-order valence-electron chi connectivity index (χ3n) is 2.44. The fourth-order valence-corrected chi connectivity index (χ4v) is 3.61. The number of aryl methyl sites for hydroxylation is 1. The van der Waals surface area contributed by atoms with E-state index < -0.39 is 10.0 Å². The van der Waals surface area contributed by atoms with Crippen molar-refractivity contribution in [1.82, 2.24) is 4.98 Å². The monoisotopic (exact) mass is 308 g/mol. The maximum atomic E-state index is 12.3. The Morgan fingerprint density at radius 2 is 2.25 bits per heavy atom. The largest absolute Gasteiger partial charge is 0.384 e. The molecule has 0 aliphatic heterocycles. The van der Waals surface area contributed by atoms with Crippen LogP contribution in [0.4, 0.5) is 5.13 Å². The number of aliphatic hydroxyl groups is 1. The Kier molecular flexibility index (Phi) is 4.39. The Bertz CT molecular complexity index is 757. The van der Waals surface area contributed by atoms with E-state index in [1.807, 2.05) is 0 Å². The normalized spacial score (nSPS) is 10.7. The first-order chi connectivity index (χ1) is 9.53. The predicted molar refractivity (Wildman–Crippen MR) is 78.1 cm³/mol. The second kappa shape index (κ2) is 6.05. The van der Waals surface area contributed by atoms with Crippen LogP contribution in [0.15, 0.2) is 34.7 Å². The van der Waals surface area contributed by atoms with Crippen molar-refractivity contribution in [3.8, 4) is 11.8 Å². The summed E-state index contributed by atoms with van der Waals surface area (Å²) < 4.78 is 27.0. The fourth-order valence-electron chi connectivity index (χ4n) is 1.55. The lowest BCUT2D eigenvalue weighted by Gasteiger charge is -2.08. The number of benzene rings is 1. The zero-order chi connectivity index (χ0) is 14.6. The van der Waals surface area contributed by atoms with Gasteiger partial charge in [0.25, 0.3) is 10.0 Å². The van der Waals surface area contributed by atoms with E-state index in [4.69, 9.17) is 5.11 Å². The zero-order valence-corrected chi connectivity index (χ0v) is 12.3. The van der Waals surface area contributed by atoms with Crippen LogP contribution in [0.2, 0.25) is 0 Å². The number of anilines is 1. The SMILES string of the molecule is Cc1ccc(C#CCO)cc1S(=O)(=O)Nc1nccs1. The van der Waals surface area contributed by atoms with Crippen molar-refractivity contribution in [3.05, 3.63) is 40.9 Å². The molecule has 20 heavy (non-hydrogen) atoms. The summed E-state index contributed by atoms with van der Waals surface area (Å²) in [6.07, 6.45) is 1.53. The number of nitrogens with zero attached hydrogens (tertiary/aromatic N) is 1. The van der Waals surface area contributed by atoms with Crippen LogP contribution in [-0.4, -0.2) is 25.1 Å². The molecule has 1 heterocycles. The van der Waals surface area contributed by atoms with Gasteiger partial charge in [0.05, 0.1) is 4.90 Å². The lowest BCUT2D eigenvalue weighted by Crippen LogP contribution is -2.14. The van der Waals surface area contributed by atoms with Crippen LogP contribution in [-0.2, 0) is 10.0 Å². The van der Waals surface area contributed by atoms with Crippen molar-refractivity contribution in [3.63, 3.8) is 0 Å².